The Hall–Kier alpha value is -1.36. The molecule has 2 rings (SSSR count). The van der Waals surface area contributed by atoms with Crippen LogP contribution in [-0.2, 0) is 5.75 Å². The van der Waals surface area contributed by atoms with Gasteiger partial charge in [-0.3, -0.25) is 0 Å². The number of hydrogen-bond donors (Lipinski definition) is 0. The van der Waals surface area contributed by atoms with Crippen LogP contribution in [0.25, 0.3) is 0 Å². The van der Waals surface area contributed by atoms with Gasteiger partial charge in [0.1, 0.15) is 0 Å². The van der Waals surface area contributed by atoms with Crippen molar-refractivity contribution in [1.29, 1.82) is 0 Å². The highest BCUT2D eigenvalue weighted by Gasteiger charge is 2.00. The Morgan fingerprint density at radius 2 is 2.31 bits per heavy atom. The monoisotopic (exact) mass is 193 g/mol. The normalized spacial score (nSPS) is 10.2. The van der Waals surface area contributed by atoms with E-state index in [4.69, 9.17) is 4.52 Å². The molecule has 5 heteroatoms. The molecule has 2 aromatic heterocycles. The maximum Gasteiger partial charge on any atom is 0.236 e. The Labute approximate surface area is 79.4 Å². The quantitative estimate of drug-likeness (QED) is 0.695. The largest absolute Gasteiger partial charge is 0.339 e. The van der Waals surface area contributed by atoms with Gasteiger partial charge in [-0.2, -0.15) is 4.98 Å². The molecule has 0 spiro atoms. The Bertz CT molecular complexity index is 349. The van der Waals surface area contributed by atoms with E-state index in [2.05, 4.69) is 15.1 Å². The number of aromatic nitrogens is 3. The SMILES string of the molecule is c1ccc(SCc2ncno2)nc1. The van der Waals surface area contributed by atoms with Gasteiger partial charge in [-0.05, 0) is 12.1 Å². The molecule has 0 fully saturated rings. The van der Waals surface area contributed by atoms with Crippen molar-refractivity contribution >= 4 is 11.8 Å². The Morgan fingerprint density at radius 3 is 3.00 bits per heavy atom. The summed E-state index contributed by atoms with van der Waals surface area (Å²) in [4.78, 5) is 8.06. The number of rotatable bonds is 3. The fourth-order valence-corrected chi connectivity index (χ4v) is 1.54. The Morgan fingerprint density at radius 1 is 1.31 bits per heavy atom. The van der Waals surface area contributed by atoms with E-state index in [0.717, 1.165) is 5.03 Å². The van der Waals surface area contributed by atoms with Crippen LogP contribution < -0.4 is 0 Å². The first kappa shape index (κ1) is 8.25. The molecule has 0 aliphatic carbocycles. The molecule has 0 saturated heterocycles. The molecule has 0 radical (unpaired) electrons. The molecule has 13 heavy (non-hydrogen) atoms. The van der Waals surface area contributed by atoms with E-state index in [1.807, 2.05) is 18.2 Å². The third kappa shape index (κ3) is 2.29. The molecule has 0 unspecified atom stereocenters. The maximum atomic E-state index is 4.85. The topological polar surface area (TPSA) is 51.8 Å². The highest BCUT2D eigenvalue weighted by Crippen LogP contribution is 2.18. The molecule has 2 aromatic rings. The van der Waals surface area contributed by atoms with E-state index < -0.39 is 0 Å². The average molecular weight is 193 g/mol. The zero-order chi connectivity index (χ0) is 8.93. The van der Waals surface area contributed by atoms with E-state index in [1.54, 1.807) is 18.0 Å². The summed E-state index contributed by atoms with van der Waals surface area (Å²) >= 11 is 1.57. The summed E-state index contributed by atoms with van der Waals surface area (Å²) in [6.45, 7) is 0. The molecule has 66 valence electrons. The van der Waals surface area contributed by atoms with Crippen LogP contribution in [0, 0.1) is 0 Å². The van der Waals surface area contributed by atoms with Gasteiger partial charge in [0.05, 0.1) is 10.8 Å². The molecule has 0 atom stereocenters. The van der Waals surface area contributed by atoms with Crippen molar-refractivity contribution in [2.75, 3.05) is 0 Å². The lowest BCUT2D eigenvalue weighted by Crippen LogP contribution is -1.81. The molecule has 0 amide bonds. The van der Waals surface area contributed by atoms with Crippen LogP contribution in [-0.4, -0.2) is 15.1 Å². The molecule has 0 aromatic carbocycles. The van der Waals surface area contributed by atoms with Gasteiger partial charge in [0.25, 0.3) is 0 Å². The first-order chi connectivity index (χ1) is 6.45. The molecule has 0 saturated carbocycles. The highest BCUT2D eigenvalue weighted by atomic mass is 32.2. The fraction of sp³-hybridized carbons (Fsp3) is 0.125. The van der Waals surface area contributed by atoms with Crippen LogP contribution in [0.1, 0.15) is 5.89 Å². The van der Waals surface area contributed by atoms with E-state index >= 15 is 0 Å². The summed E-state index contributed by atoms with van der Waals surface area (Å²) in [5.41, 5.74) is 0. The van der Waals surface area contributed by atoms with Crippen LogP contribution in [0.2, 0.25) is 0 Å². The number of thioether (sulfide) groups is 1. The Kier molecular flexibility index (Phi) is 2.56. The minimum atomic E-state index is 0.621. The van der Waals surface area contributed by atoms with Crippen LogP contribution in [0.15, 0.2) is 40.3 Å². The van der Waals surface area contributed by atoms with Gasteiger partial charge in [-0.25, -0.2) is 4.98 Å². The molecule has 0 bridgehead atoms. The van der Waals surface area contributed by atoms with Crippen molar-refractivity contribution in [3.05, 3.63) is 36.6 Å². The first-order valence-corrected chi connectivity index (χ1v) is 4.73. The molecular formula is C8H7N3OS. The number of nitrogens with zero attached hydrogens (tertiary/aromatic N) is 3. The lowest BCUT2D eigenvalue weighted by molar-refractivity contribution is 0.390. The van der Waals surface area contributed by atoms with Crippen molar-refractivity contribution in [1.82, 2.24) is 15.1 Å². The molecule has 0 aliphatic rings. The Balaban J connectivity index is 1.94. The van der Waals surface area contributed by atoms with Crippen LogP contribution >= 0.6 is 11.8 Å². The summed E-state index contributed by atoms with van der Waals surface area (Å²) in [5, 5.41) is 4.47. The molecular weight excluding hydrogens is 186 g/mol. The van der Waals surface area contributed by atoms with E-state index in [1.165, 1.54) is 6.33 Å². The summed E-state index contributed by atoms with van der Waals surface area (Å²) in [6, 6.07) is 5.78. The highest BCUT2D eigenvalue weighted by molar-refractivity contribution is 7.98. The molecule has 0 N–H and O–H groups in total. The van der Waals surface area contributed by atoms with Gasteiger partial charge in [-0.1, -0.05) is 23.0 Å². The second kappa shape index (κ2) is 4.04. The lowest BCUT2D eigenvalue weighted by Gasteiger charge is -1.94. The maximum absolute atomic E-state index is 4.85. The molecule has 4 nitrogen and oxygen atoms in total. The number of pyridine rings is 1. The molecule has 0 aliphatic heterocycles. The van der Waals surface area contributed by atoms with Crippen molar-refractivity contribution in [2.45, 2.75) is 10.8 Å². The number of hydrogen-bond acceptors (Lipinski definition) is 5. The summed E-state index contributed by atoms with van der Waals surface area (Å²) in [7, 11) is 0. The van der Waals surface area contributed by atoms with Gasteiger partial charge in [-0.15, -0.1) is 0 Å². The minimum Gasteiger partial charge on any atom is -0.339 e. The van der Waals surface area contributed by atoms with E-state index in [9.17, 15) is 0 Å². The summed E-state index contributed by atoms with van der Waals surface area (Å²) in [5.74, 6) is 1.28. The van der Waals surface area contributed by atoms with Crippen molar-refractivity contribution in [3.8, 4) is 0 Å². The lowest BCUT2D eigenvalue weighted by atomic mass is 10.5. The zero-order valence-corrected chi connectivity index (χ0v) is 7.57. The van der Waals surface area contributed by atoms with Gasteiger partial charge >= 0.3 is 0 Å². The van der Waals surface area contributed by atoms with Gasteiger partial charge in [0.2, 0.25) is 5.89 Å². The van der Waals surface area contributed by atoms with Crippen LogP contribution in [0.5, 0.6) is 0 Å². The van der Waals surface area contributed by atoms with Crippen molar-refractivity contribution < 1.29 is 4.52 Å². The molecule has 2 heterocycles. The van der Waals surface area contributed by atoms with E-state index in [0.29, 0.717) is 11.6 Å². The second-order valence-corrected chi connectivity index (χ2v) is 3.29. The second-order valence-electron chi connectivity index (χ2n) is 2.29. The third-order valence-corrected chi connectivity index (χ3v) is 2.32. The smallest absolute Gasteiger partial charge is 0.236 e. The van der Waals surface area contributed by atoms with Crippen LogP contribution in [0.3, 0.4) is 0 Å². The van der Waals surface area contributed by atoms with Gasteiger partial charge in [0, 0.05) is 6.20 Å². The minimum absolute atomic E-state index is 0.621. The first-order valence-electron chi connectivity index (χ1n) is 3.74. The van der Waals surface area contributed by atoms with Crippen LogP contribution in [0.4, 0.5) is 0 Å². The predicted molar refractivity (Wildman–Crippen MR) is 48.1 cm³/mol. The van der Waals surface area contributed by atoms with Crippen molar-refractivity contribution in [2.24, 2.45) is 0 Å². The van der Waals surface area contributed by atoms with Gasteiger partial charge in [0.15, 0.2) is 6.33 Å². The zero-order valence-electron chi connectivity index (χ0n) is 6.75. The standard InChI is InChI=1S/C8H7N3OS/c1-2-4-9-8(3-1)13-5-7-10-6-11-12-7/h1-4,6H,5H2. The third-order valence-electron chi connectivity index (χ3n) is 1.39. The fourth-order valence-electron chi connectivity index (χ4n) is 0.828. The van der Waals surface area contributed by atoms with E-state index in [-0.39, 0.29) is 0 Å². The summed E-state index contributed by atoms with van der Waals surface area (Å²) < 4.78 is 4.85. The van der Waals surface area contributed by atoms with Gasteiger partial charge < -0.3 is 4.52 Å². The van der Waals surface area contributed by atoms with Crippen molar-refractivity contribution in [3.63, 3.8) is 0 Å². The predicted octanol–water partition coefficient (Wildman–Crippen LogP) is 1.76. The average Bonchev–Trinajstić information content (AvgIpc) is 2.69. The summed E-state index contributed by atoms with van der Waals surface area (Å²) in [6.07, 6.45) is 3.16.